The zero-order valence-electron chi connectivity index (χ0n) is 9.87. The van der Waals surface area contributed by atoms with Crippen LogP contribution >= 0.6 is 0 Å². The Kier molecular flexibility index (Phi) is 4.03. The van der Waals surface area contributed by atoms with Gasteiger partial charge in [0.25, 0.3) is 0 Å². The number of nitrogens with zero attached hydrogens (tertiary/aromatic N) is 1. The van der Waals surface area contributed by atoms with Gasteiger partial charge in [0.05, 0.1) is 12.5 Å². The number of sulfonamides is 2. The van der Waals surface area contributed by atoms with Crippen LogP contribution in [0.15, 0.2) is 0 Å². The lowest BCUT2D eigenvalue weighted by molar-refractivity contribution is -0.151. The van der Waals surface area contributed by atoms with E-state index in [9.17, 15) is 26.7 Å². The van der Waals surface area contributed by atoms with Crippen LogP contribution in [-0.2, 0) is 24.8 Å². The van der Waals surface area contributed by atoms with Crippen LogP contribution < -0.4 is 9.55 Å². The van der Waals surface area contributed by atoms with Gasteiger partial charge in [-0.1, -0.05) is 0 Å². The third kappa shape index (κ3) is 3.62. The molecule has 1 fully saturated rings. The average Bonchev–Trinajstić information content (AvgIpc) is 2.43. The zero-order chi connectivity index (χ0) is 14.2. The van der Waals surface area contributed by atoms with Gasteiger partial charge in [0.15, 0.2) is 5.66 Å². The highest BCUT2D eigenvalue weighted by molar-refractivity contribution is 7.89. The fraction of sp³-hybridized carbons (Fsp3) is 0.857. The number of hydrazine groups is 1. The molecule has 0 unspecified atom stereocenters. The van der Waals surface area contributed by atoms with E-state index in [0.717, 1.165) is 17.5 Å². The second-order valence-corrected chi connectivity index (χ2v) is 7.63. The molecule has 18 heavy (non-hydrogen) atoms. The number of nitrogens with one attached hydrogen (secondary N) is 2. The smallest absolute Gasteiger partial charge is 0.341 e. The fourth-order valence-corrected chi connectivity index (χ4v) is 3.38. The summed E-state index contributed by atoms with van der Waals surface area (Å²) in [5, 5.41) is 10.1. The molecule has 106 valence electrons. The predicted molar refractivity (Wildman–Crippen MR) is 62.3 cm³/mol. The molecule has 1 aliphatic heterocycles. The molecular formula is C7H15N3O6S2. The minimum atomic E-state index is -3.81. The van der Waals surface area contributed by atoms with E-state index < -0.39 is 31.7 Å². The number of carboxylic acids is 1. The average molecular weight is 301 g/mol. The van der Waals surface area contributed by atoms with Gasteiger partial charge in [-0.3, -0.25) is 0 Å². The van der Waals surface area contributed by atoms with Crippen LogP contribution in [0, 0.1) is 0 Å². The van der Waals surface area contributed by atoms with Crippen molar-refractivity contribution < 1.29 is 26.7 Å². The fourth-order valence-electron chi connectivity index (χ4n) is 1.82. The summed E-state index contributed by atoms with van der Waals surface area (Å²) in [6.07, 6.45) is 1.99. The summed E-state index contributed by atoms with van der Waals surface area (Å²) in [6, 6.07) is 0. The van der Waals surface area contributed by atoms with Crippen molar-refractivity contribution in [1.29, 1.82) is 0 Å². The summed E-state index contributed by atoms with van der Waals surface area (Å²) in [5.41, 5.74) is -1.98. The molecule has 11 heteroatoms. The van der Waals surface area contributed by atoms with Gasteiger partial charge in [0, 0.05) is 6.54 Å². The highest BCUT2D eigenvalue weighted by atomic mass is 32.2. The molecule has 1 aliphatic rings. The van der Waals surface area contributed by atoms with E-state index >= 15 is 0 Å². The number of aliphatic carboxylic acids is 1. The first-order chi connectivity index (χ1) is 7.96. The summed E-state index contributed by atoms with van der Waals surface area (Å²) in [7, 11) is -7.50. The van der Waals surface area contributed by atoms with E-state index in [1.54, 1.807) is 0 Å². The Labute approximate surface area is 105 Å². The second-order valence-electron chi connectivity index (χ2n) is 4.16. The SMILES string of the molecule is CS(=O)(=O)NN1CCC[C@@]1(NS(C)(=O)=O)C(=O)O. The van der Waals surface area contributed by atoms with E-state index in [1.807, 2.05) is 9.55 Å². The minimum absolute atomic E-state index is 0.0298. The standard InChI is InChI=1S/C7H15N3O6S2/c1-17(13,14)8-7(6(11)12)4-3-5-10(7)9-18(2,15)16/h8-9H,3-5H2,1-2H3,(H,11,12)/t7-/m0/s1. The normalized spacial score (nSPS) is 26.3. The lowest BCUT2D eigenvalue weighted by atomic mass is 10.1. The van der Waals surface area contributed by atoms with Crippen molar-refractivity contribution in [2.45, 2.75) is 18.5 Å². The van der Waals surface area contributed by atoms with E-state index in [-0.39, 0.29) is 13.0 Å². The predicted octanol–water partition coefficient (Wildman–Crippen LogP) is -2.12. The summed E-state index contributed by atoms with van der Waals surface area (Å²) in [5.74, 6) is -1.46. The largest absolute Gasteiger partial charge is 0.479 e. The monoisotopic (exact) mass is 301 g/mol. The molecule has 3 N–H and O–H groups in total. The van der Waals surface area contributed by atoms with Crippen LogP contribution in [0.3, 0.4) is 0 Å². The van der Waals surface area contributed by atoms with Gasteiger partial charge in [-0.15, -0.1) is 4.83 Å². The van der Waals surface area contributed by atoms with Crippen molar-refractivity contribution in [2.75, 3.05) is 19.1 Å². The number of rotatable bonds is 5. The Hall–Kier alpha value is -0.750. The maximum Gasteiger partial charge on any atom is 0.341 e. The Bertz CT molecular complexity index is 542. The van der Waals surface area contributed by atoms with Crippen LogP contribution in [0.1, 0.15) is 12.8 Å². The maximum absolute atomic E-state index is 11.3. The van der Waals surface area contributed by atoms with Crippen molar-refractivity contribution in [2.24, 2.45) is 0 Å². The van der Waals surface area contributed by atoms with Crippen molar-refractivity contribution in [3.8, 4) is 0 Å². The summed E-state index contributed by atoms with van der Waals surface area (Å²) in [6.45, 7) is 0.0991. The molecule has 1 saturated heterocycles. The van der Waals surface area contributed by atoms with E-state index in [0.29, 0.717) is 6.42 Å². The quantitative estimate of drug-likeness (QED) is 0.528. The van der Waals surface area contributed by atoms with Crippen molar-refractivity contribution in [3.63, 3.8) is 0 Å². The first-order valence-corrected chi connectivity index (χ1v) is 8.72. The lowest BCUT2D eigenvalue weighted by Gasteiger charge is -2.33. The topological polar surface area (TPSA) is 133 Å². The highest BCUT2D eigenvalue weighted by Gasteiger charge is 2.51. The maximum atomic E-state index is 11.3. The molecule has 0 spiro atoms. The van der Waals surface area contributed by atoms with Crippen LogP contribution in [0.2, 0.25) is 0 Å². The second kappa shape index (κ2) is 4.74. The highest BCUT2D eigenvalue weighted by Crippen LogP contribution is 2.26. The van der Waals surface area contributed by atoms with Gasteiger partial charge in [-0.05, 0) is 12.8 Å². The van der Waals surface area contributed by atoms with E-state index in [4.69, 9.17) is 0 Å². The molecule has 0 radical (unpaired) electrons. The molecule has 1 heterocycles. The van der Waals surface area contributed by atoms with Crippen LogP contribution in [-0.4, -0.2) is 57.6 Å². The first-order valence-electron chi connectivity index (χ1n) is 4.94. The number of carbonyl (C=O) groups is 1. The molecule has 1 atom stereocenters. The van der Waals surface area contributed by atoms with Crippen LogP contribution in [0.25, 0.3) is 0 Å². The Morgan fingerprint density at radius 1 is 1.22 bits per heavy atom. The van der Waals surface area contributed by atoms with Crippen LogP contribution in [0.5, 0.6) is 0 Å². The van der Waals surface area contributed by atoms with Gasteiger partial charge in [0.2, 0.25) is 20.0 Å². The lowest BCUT2D eigenvalue weighted by Crippen LogP contribution is -2.66. The molecule has 0 aromatic heterocycles. The molecule has 0 aliphatic carbocycles. The first kappa shape index (κ1) is 15.3. The Morgan fingerprint density at radius 3 is 2.17 bits per heavy atom. The van der Waals surface area contributed by atoms with E-state index in [2.05, 4.69) is 0 Å². The van der Waals surface area contributed by atoms with E-state index in [1.165, 1.54) is 0 Å². The zero-order valence-corrected chi connectivity index (χ0v) is 11.5. The molecular weight excluding hydrogens is 286 g/mol. The minimum Gasteiger partial charge on any atom is -0.479 e. The number of carboxylic acid groups (broad SMARTS) is 1. The summed E-state index contributed by atoms with van der Waals surface area (Å²) >= 11 is 0. The van der Waals surface area contributed by atoms with Gasteiger partial charge < -0.3 is 5.11 Å². The van der Waals surface area contributed by atoms with Crippen LogP contribution in [0.4, 0.5) is 0 Å². The molecule has 9 nitrogen and oxygen atoms in total. The molecule has 1 rings (SSSR count). The molecule has 0 aromatic carbocycles. The van der Waals surface area contributed by atoms with Crippen molar-refractivity contribution >= 4 is 26.0 Å². The Balaban J connectivity index is 3.13. The van der Waals surface area contributed by atoms with Gasteiger partial charge >= 0.3 is 5.97 Å². The summed E-state index contributed by atoms with van der Waals surface area (Å²) in [4.78, 5) is 13.3. The third-order valence-electron chi connectivity index (χ3n) is 2.37. The summed E-state index contributed by atoms with van der Waals surface area (Å²) < 4.78 is 46.7. The van der Waals surface area contributed by atoms with Crippen molar-refractivity contribution in [1.82, 2.24) is 14.6 Å². The van der Waals surface area contributed by atoms with Gasteiger partial charge in [0.1, 0.15) is 0 Å². The number of hydrogen-bond acceptors (Lipinski definition) is 6. The van der Waals surface area contributed by atoms with Gasteiger partial charge in [-0.25, -0.2) is 21.6 Å². The molecule has 0 amide bonds. The Morgan fingerprint density at radius 2 is 1.78 bits per heavy atom. The van der Waals surface area contributed by atoms with Crippen molar-refractivity contribution in [3.05, 3.63) is 0 Å². The molecule has 0 aromatic rings. The molecule has 0 bridgehead atoms. The third-order valence-corrected chi connectivity index (χ3v) is 3.63. The molecule has 0 saturated carbocycles. The number of hydrogen-bond donors (Lipinski definition) is 3. The van der Waals surface area contributed by atoms with Gasteiger partial charge in [-0.2, -0.15) is 9.73 Å².